The van der Waals surface area contributed by atoms with Crippen LogP contribution in [0, 0.1) is 6.07 Å². The molecular formula is C20H21. The first kappa shape index (κ1) is 13.2. The van der Waals surface area contributed by atoms with Crippen molar-refractivity contribution in [2.45, 2.75) is 39.0 Å². The maximum absolute atomic E-state index is 3.32. The highest BCUT2D eigenvalue weighted by Crippen LogP contribution is 2.24. The van der Waals surface area contributed by atoms with Crippen molar-refractivity contribution in [1.82, 2.24) is 0 Å². The molecule has 3 aromatic rings. The fourth-order valence-corrected chi connectivity index (χ4v) is 2.83. The molecule has 3 rings (SSSR count). The highest BCUT2D eigenvalue weighted by atomic mass is 14.0. The number of fused-ring (bicyclic) bond motifs is 2. The number of hydrogen-bond donors (Lipinski definition) is 0. The van der Waals surface area contributed by atoms with Gasteiger partial charge in [-0.3, -0.25) is 0 Å². The number of unbranched alkanes of at least 4 members (excludes halogenated alkanes) is 3. The van der Waals surface area contributed by atoms with Gasteiger partial charge in [0.25, 0.3) is 0 Å². The molecule has 0 fully saturated rings. The van der Waals surface area contributed by atoms with E-state index in [1.807, 2.05) is 6.07 Å². The first-order valence-corrected chi connectivity index (χ1v) is 7.70. The Balaban J connectivity index is 1.88. The van der Waals surface area contributed by atoms with Crippen LogP contribution in [0.15, 0.2) is 48.5 Å². The van der Waals surface area contributed by atoms with E-state index in [0.717, 1.165) is 0 Å². The monoisotopic (exact) mass is 261 g/mol. The van der Waals surface area contributed by atoms with Gasteiger partial charge in [-0.1, -0.05) is 62.6 Å². The second-order valence-corrected chi connectivity index (χ2v) is 5.60. The molecule has 0 heteroatoms. The van der Waals surface area contributed by atoms with Crippen LogP contribution in [0.5, 0.6) is 0 Å². The van der Waals surface area contributed by atoms with Crippen molar-refractivity contribution >= 4 is 21.5 Å². The quantitative estimate of drug-likeness (QED) is 0.395. The normalized spacial score (nSPS) is 11.2. The van der Waals surface area contributed by atoms with E-state index in [1.54, 1.807) is 0 Å². The Labute approximate surface area is 121 Å². The van der Waals surface area contributed by atoms with Gasteiger partial charge in [0.05, 0.1) is 0 Å². The van der Waals surface area contributed by atoms with Gasteiger partial charge >= 0.3 is 0 Å². The predicted molar refractivity (Wildman–Crippen MR) is 88.1 cm³/mol. The Hall–Kier alpha value is -1.82. The van der Waals surface area contributed by atoms with Gasteiger partial charge in [-0.15, -0.1) is 0 Å². The van der Waals surface area contributed by atoms with Gasteiger partial charge in [0.1, 0.15) is 0 Å². The van der Waals surface area contributed by atoms with E-state index in [0.29, 0.717) is 0 Å². The van der Waals surface area contributed by atoms with E-state index in [2.05, 4.69) is 55.5 Å². The molecule has 0 saturated heterocycles. The van der Waals surface area contributed by atoms with E-state index in [4.69, 9.17) is 0 Å². The summed E-state index contributed by atoms with van der Waals surface area (Å²) in [6.07, 6.45) is 6.51. The molecule has 0 nitrogen and oxygen atoms in total. The molecule has 0 aliphatic carbocycles. The second-order valence-electron chi connectivity index (χ2n) is 5.60. The van der Waals surface area contributed by atoms with Crippen molar-refractivity contribution in [1.29, 1.82) is 0 Å². The lowest BCUT2D eigenvalue weighted by molar-refractivity contribution is 0.667. The van der Waals surface area contributed by atoms with Crippen molar-refractivity contribution in [2.24, 2.45) is 0 Å². The van der Waals surface area contributed by atoms with Gasteiger partial charge in [-0.05, 0) is 58.1 Å². The van der Waals surface area contributed by atoms with Crippen LogP contribution < -0.4 is 0 Å². The van der Waals surface area contributed by atoms with Gasteiger partial charge in [0.2, 0.25) is 0 Å². The van der Waals surface area contributed by atoms with Crippen LogP contribution in [0.3, 0.4) is 0 Å². The Kier molecular flexibility index (Phi) is 4.01. The van der Waals surface area contributed by atoms with Gasteiger partial charge in [0, 0.05) is 0 Å². The highest BCUT2D eigenvalue weighted by molar-refractivity contribution is 5.98. The van der Waals surface area contributed by atoms with E-state index in [9.17, 15) is 0 Å². The summed E-state index contributed by atoms with van der Waals surface area (Å²) in [5.41, 5.74) is 1.46. The molecule has 101 valence electrons. The van der Waals surface area contributed by atoms with Crippen LogP contribution in [0.25, 0.3) is 21.5 Å². The molecular weight excluding hydrogens is 240 g/mol. The molecule has 1 radical (unpaired) electrons. The summed E-state index contributed by atoms with van der Waals surface area (Å²) in [5.74, 6) is 0. The molecule has 0 bridgehead atoms. The minimum absolute atomic E-state index is 1.20. The third-order valence-electron chi connectivity index (χ3n) is 4.00. The van der Waals surface area contributed by atoms with Crippen molar-refractivity contribution < 1.29 is 0 Å². The number of aryl methyl sites for hydroxylation is 1. The molecule has 0 aromatic heterocycles. The van der Waals surface area contributed by atoms with Gasteiger partial charge in [-0.2, -0.15) is 0 Å². The zero-order valence-electron chi connectivity index (χ0n) is 12.2. The average molecular weight is 261 g/mol. The number of hydrogen-bond acceptors (Lipinski definition) is 0. The fraction of sp³-hybridized carbons (Fsp3) is 0.300. The van der Waals surface area contributed by atoms with Crippen LogP contribution in [0.2, 0.25) is 0 Å². The smallest absolute Gasteiger partial charge is 0.00988 e. The van der Waals surface area contributed by atoms with Crippen molar-refractivity contribution in [3.8, 4) is 0 Å². The first-order valence-electron chi connectivity index (χ1n) is 7.70. The third kappa shape index (κ3) is 2.85. The molecule has 0 amide bonds. The summed E-state index contributed by atoms with van der Waals surface area (Å²) in [6.45, 7) is 2.26. The maximum atomic E-state index is 3.32. The fourth-order valence-electron chi connectivity index (χ4n) is 2.83. The maximum Gasteiger partial charge on any atom is -0.00988 e. The topological polar surface area (TPSA) is 0 Å². The molecule has 0 saturated carbocycles. The Morgan fingerprint density at radius 1 is 0.850 bits per heavy atom. The lowest BCUT2D eigenvalue weighted by atomic mass is 9.99. The summed E-state index contributed by atoms with van der Waals surface area (Å²) >= 11 is 0. The van der Waals surface area contributed by atoms with Crippen LogP contribution in [0.1, 0.15) is 38.2 Å². The molecule has 3 aromatic carbocycles. The summed E-state index contributed by atoms with van der Waals surface area (Å²) in [6, 6.07) is 20.9. The van der Waals surface area contributed by atoms with E-state index in [-0.39, 0.29) is 0 Å². The Morgan fingerprint density at radius 3 is 2.70 bits per heavy atom. The Bertz CT molecular complexity index is 709. The summed E-state index contributed by atoms with van der Waals surface area (Å²) in [5, 5.41) is 5.15. The van der Waals surface area contributed by atoms with Crippen LogP contribution in [0.4, 0.5) is 0 Å². The zero-order chi connectivity index (χ0) is 13.8. The largest absolute Gasteiger partial charge is 0.0654 e. The molecule has 0 aliphatic heterocycles. The van der Waals surface area contributed by atoms with Crippen molar-refractivity contribution in [3.63, 3.8) is 0 Å². The minimum Gasteiger partial charge on any atom is -0.0654 e. The lowest BCUT2D eigenvalue weighted by Crippen LogP contribution is -1.86. The third-order valence-corrected chi connectivity index (χ3v) is 4.00. The van der Waals surface area contributed by atoms with Gasteiger partial charge < -0.3 is 0 Å². The van der Waals surface area contributed by atoms with Crippen LogP contribution >= 0.6 is 0 Å². The second kappa shape index (κ2) is 6.09. The molecule has 0 atom stereocenters. The number of rotatable bonds is 5. The molecule has 0 heterocycles. The predicted octanol–water partition coefficient (Wildman–Crippen LogP) is 5.92. The van der Waals surface area contributed by atoms with E-state index < -0.39 is 0 Å². The summed E-state index contributed by atoms with van der Waals surface area (Å²) < 4.78 is 0. The summed E-state index contributed by atoms with van der Waals surface area (Å²) in [4.78, 5) is 0. The van der Waals surface area contributed by atoms with E-state index in [1.165, 1.54) is 59.2 Å². The van der Waals surface area contributed by atoms with Crippen LogP contribution in [-0.4, -0.2) is 0 Å². The van der Waals surface area contributed by atoms with Crippen molar-refractivity contribution in [2.75, 3.05) is 0 Å². The highest BCUT2D eigenvalue weighted by Gasteiger charge is 2.00. The standard InChI is InChI=1S/C20H21/c1-2-3-4-5-8-16-11-12-19-14-17-9-6-7-10-18(17)15-20(19)13-16/h6-7,9,11-15H,2-5,8H2,1H3. The summed E-state index contributed by atoms with van der Waals surface area (Å²) in [7, 11) is 0. The SMILES string of the molecule is CCCCCCc1ccc2cc3ccc[c]c3cc2c1. The van der Waals surface area contributed by atoms with E-state index >= 15 is 0 Å². The van der Waals surface area contributed by atoms with Crippen LogP contribution in [-0.2, 0) is 6.42 Å². The molecule has 0 aliphatic rings. The first-order chi connectivity index (χ1) is 9.86. The molecule has 0 spiro atoms. The van der Waals surface area contributed by atoms with Gasteiger partial charge in [0.15, 0.2) is 0 Å². The molecule has 20 heavy (non-hydrogen) atoms. The average Bonchev–Trinajstić information content (AvgIpc) is 2.49. The minimum atomic E-state index is 1.20. The zero-order valence-corrected chi connectivity index (χ0v) is 12.2. The van der Waals surface area contributed by atoms with Crippen molar-refractivity contribution in [3.05, 3.63) is 60.2 Å². The van der Waals surface area contributed by atoms with Gasteiger partial charge in [-0.25, -0.2) is 0 Å². The lowest BCUT2D eigenvalue weighted by Gasteiger charge is -2.06. The molecule has 0 N–H and O–H groups in total. The Morgan fingerprint density at radius 2 is 1.80 bits per heavy atom. The number of benzene rings is 3. The molecule has 0 unspecified atom stereocenters.